The maximum Gasteiger partial charge on any atom is 0.251 e. The summed E-state index contributed by atoms with van der Waals surface area (Å²) >= 11 is 0. The van der Waals surface area contributed by atoms with Crippen LogP contribution in [0.2, 0.25) is 0 Å². The third-order valence-corrected chi connectivity index (χ3v) is 5.62. The third kappa shape index (κ3) is 3.79. The number of carbonyl (C=O) groups excluding carboxylic acids is 1. The summed E-state index contributed by atoms with van der Waals surface area (Å²) in [7, 11) is 5.91. The topological polar surface area (TPSA) is 41.6 Å². The number of amides is 1. The number of likely N-dealkylation sites (N-methyl/N-ethyl adjacent to an activating group) is 1. The molecular weight excluding hydrogens is 312 g/mol. The number of hydrogen-bond acceptors (Lipinski definition) is 3. The van der Waals surface area contributed by atoms with Gasteiger partial charge < -0.3 is 15.0 Å². The number of nitrogens with one attached hydrogen (secondary N) is 1. The van der Waals surface area contributed by atoms with Crippen LogP contribution >= 0.6 is 0 Å². The number of ether oxygens (including phenoxy) is 1. The smallest absolute Gasteiger partial charge is 0.251 e. The minimum absolute atomic E-state index is 0.00418. The summed E-state index contributed by atoms with van der Waals surface area (Å²) in [5.41, 5.74) is 0.806. The summed E-state index contributed by atoms with van der Waals surface area (Å²) in [6, 6.07) is 11.7. The van der Waals surface area contributed by atoms with Crippen LogP contribution in [0.1, 0.15) is 42.5 Å². The summed E-state index contributed by atoms with van der Waals surface area (Å²) in [6.07, 6.45) is 6.09. The molecule has 134 valence electrons. The van der Waals surface area contributed by atoms with Crippen molar-refractivity contribution in [1.29, 1.82) is 0 Å². The van der Waals surface area contributed by atoms with Crippen molar-refractivity contribution in [1.82, 2.24) is 10.2 Å². The quantitative estimate of drug-likeness (QED) is 0.899. The molecule has 2 aromatic rings. The van der Waals surface area contributed by atoms with Crippen molar-refractivity contribution in [3.63, 3.8) is 0 Å². The van der Waals surface area contributed by atoms with Crippen LogP contribution in [-0.4, -0.2) is 44.1 Å². The molecule has 1 N–H and O–H groups in total. The first-order valence-electron chi connectivity index (χ1n) is 9.07. The molecule has 0 aliphatic heterocycles. The first kappa shape index (κ1) is 17.7. The molecule has 1 saturated carbocycles. The van der Waals surface area contributed by atoms with Gasteiger partial charge in [-0.3, -0.25) is 4.79 Å². The summed E-state index contributed by atoms with van der Waals surface area (Å²) < 4.78 is 5.26. The molecule has 25 heavy (non-hydrogen) atoms. The SMILES string of the molecule is COc1ccc2cc(C(=O)NCC3(N(C)C)CCCCC3)ccc2c1. The molecule has 1 amide bonds. The predicted octanol–water partition coefficient (Wildman–Crippen LogP) is 3.84. The maximum absolute atomic E-state index is 12.7. The molecule has 1 fully saturated rings. The van der Waals surface area contributed by atoms with Gasteiger partial charge in [-0.25, -0.2) is 0 Å². The zero-order chi connectivity index (χ0) is 17.9. The van der Waals surface area contributed by atoms with E-state index in [2.05, 4.69) is 24.3 Å². The highest BCUT2D eigenvalue weighted by Crippen LogP contribution is 2.31. The van der Waals surface area contributed by atoms with E-state index in [9.17, 15) is 4.79 Å². The van der Waals surface area contributed by atoms with E-state index in [1.165, 1.54) is 19.3 Å². The minimum atomic E-state index is 0.00418. The van der Waals surface area contributed by atoms with Crippen molar-refractivity contribution in [3.05, 3.63) is 42.0 Å². The summed E-state index contributed by atoms with van der Waals surface area (Å²) in [5, 5.41) is 5.30. The molecule has 0 unspecified atom stereocenters. The summed E-state index contributed by atoms with van der Waals surface area (Å²) in [6.45, 7) is 0.708. The van der Waals surface area contributed by atoms with Crippen LogP contribution in [0.4, 0.5) is 0 Å². The molecule has 0 atom stereocenters. The zero-order valence-electron chi connectivity index (χ0n) is 15.5. The third-order valence-electron chi connectivity index (χ3n) is 5.62. The predicted molar refractivity (Wildman–Crippen MR) is 102 cm³/mol. The maximum atomic E-state index is 12.7. The first-order valence-corrected chi connectivity index (χ1v) is 9.07. The van der Waals surface area contributed by atoms with E-state index in [1.54, 1.807) is 7.11 Å². The fourth-order valence-electron chi connectivity index (χ4n) is 3.83. The van der Waals surface area contributed by atoms with Gasteiger partial charge in [-0.05, 0) is 62.0 Å². The lowest BCUT2D eigenvalue weighted by Crippen LogP contribution is -2.53. The zero-order valence-corrected chi connectivity index (χ0v) is 15.5. The van der Waals surface area contributed by atoms with Crippen molar-refractivity contribution < 1.29 is 9.53 Å². The molecule has 0 bridgehead atoms. The lowest BCUT2D eigenvalue weighted by molar-refractivity contribution is 0.0799. The van der Waals surface area contributed by atoms with E-state index in [0.717, 1.165) is 29.4 Å². The van der Waals surface area contributed by atoms with Crippen LogP contribution in [0.5, 0.6) is 5.75 Å². The van der Waals surface area contributed by atoms with Gasteiger partial charge in [0.2, 0.25) is 0 Å². The van der Waals surface area contributed by atoms with Gasteiger partial charge in [0, 0.05) is 17.6 Å². The van der Waals surface area contributed by atoms with Crippen LogP contribution in [-0.2, 0) is 0 Å². The van der Waals surface area contributed by atoms with Crippen molar-refractivity contribution in [2.75, 3.05) is 27.7 Å². The Kier molecular flexibility index (Phi) is 5.28. The van der Waals surface area contributed by atoms with Crippen LogP contribution in [0.15, 0.2) is 36.4 Å². The average Bonchev–Trinajstić information content (AvgIpc) is 2.65. The second kappa shape index (κ2) is 7.44. The van der Waals surface area contributed by atoms with Gasteiger partial charge in [0.25, 0.3) is 5.91 Å². The highest BCUT2D eigenvalue weighted by Gasteiger charge is 2.34. The van der Waals surface area contributed by atoms with Crippen molar-refractivity contribution >= 4 is 16.7 Å². The van der Waals surface area contributed by atoms with Crippen LogP contribution < -0.4 is 10.1 Å². The Labute approximate surface area is 150 Å². The molecular formula is C21H28N2O2. The number of methoxy groups -OCH3 is 1. The fraction of sp³-hybridized carbons (Fsp3) is 0.476. The number of nitrogens with zero attached hydrogens (tertiary/aromatic N) is 1. The van der Waals surface area contributed by atoms with E-state index < -0.39 is 0 Å². The lowest BCUT2D eigenvalue weighted by atomic mass is 9.80. The second-order valence-corrected chi connectivity index (χ2v) is 7.29. The standard InChI is InChI=1S/C21H28N2O2/c1-23(2)21(11-5-4-6-12-21)15-22-20(24)18-8-7-17-14-19(25-3)10-9-16(17)13-18/h7-10,13-14H,4-6,11-12,15H2,1-3H3,(H,22,24). The molecule has 0 radical (unpaired) electrons. The van der Waals surface area contributed by atoms with Gasteiger partial charge in [0.15, 0.2) is 0 Å². The molecule has 4 nitrogen and oxygen atoms in total. The Hall–Kier alpha value is -2.07. The number of hydrogen-bond donors (Lipinski definition) is 1. The molecule has 0 heterocycles. The van der Waals surface area contributed by atoms with Gasteiger partial charge in [-0.2, -0.15) is 0 Å². The van der Waals surface area contributed by atoms with Crippen LogP contribution in [0.25, 0.3) is 10.8 Å². The van der Waals surface area contributed by atoms with Gasteiger partial charge in [-0.15, -0.1) is 0 Å². The lowest BCUT2D eigenvalue weighted by Gasteiger charge is -2.43. The first-order chi connectivity index (χ1) is 12.0. The van der Waals surface area contributed by atoms with Gasteiger partial charge in [0.1, 0.15) is 5.75 Å². The Morgan fingerprint density at radius 3 is 2.44 bits per heavy atom. The second-order valence-electron chi connectivity index (χ2n) is 7.29. The van der Waals surface area contributed by atoms with E-state index in [4.69, 9.17) is 4.74 Å². The van der Waals surface area contributed by atoms with E-state index in [-0.39, 0.29) is 11.4 Å². The number of carbonyl (C=O) groups is 1. The Balaban J connectivity index is 1.73. The van der Waals surface area contributed by atoms with Crippen LogP contribution in [0, 0.1) is 0 Å². The van der Waals surface area contributed by atoms with Crippen molar-refractivity contribution in [3.8, 4) is 5.75 Å². The molecule has 3 rings (SSSR count). The molecule has 1 aliphatic carbocycles. The summed E-state index contributed by atoms with van der Waals surface area (Å²) in [5.74, 6) is 0.833. The van der Waals surface area contributed by atoms with Gasteiger partial charge in [0.05, 0.1) is 7.11 Å². The normalized spacial score (nSPS) is 16.8. The van der Waals surface area contributed by atoms with E-state index in [1.807, 2.05) is 36.4 Å². The largest absolute Gasteiger partial charge is 0.497 e. The van der Waals surface area contributed by atoms with E-state index >= 15 is 0 Å². The molecule has 0 spiro atoms. The molecule has 2 aromatic carbocycles. The Morgan fingerprint density at radius 1 is 1.08 bits per heavy atom. The molecule has 0 aromatic heterocycles. The average molecular weight is 340 g/mol. The number of fused-ring (bicyclic) bond motifs is 1. The van der Waals surface area contributed by atoms with Crippen molar-refractivity contribution in [2.24, 2.45) is 0 Å². The van der Waals surface area contributed by atoms with Gasteiger partial charge >= 0.3 is 0 Å². The number of benzene rings is 2. The highest BCUT2D eigenvalue weighted by atomic mass is 16.5. The molecule has 0 saturated heterocycles. The highest BCUT2D eigenvalue weighted by molar-refractivity contribution is 5.98. The fourth-order valence-corrected chi connectivity index (χ4v) is 3.83. The Bertz CT molecular complexity index is 749. The monoisotopic (exact) mass is 340 g/mol. The van der Waals surface area contributed by atoms with Gasteiger partial charge in [-0.1, -0.05) is 31.4 Å². The molecule has 1 aliphatic rings. The molecule has 4 heteroatoms. The number of rotatable bonds is 5. The van der Waals surface area contributed by atoms with Crippen LogP contribution in [0.3, 0.4) is 0 Å². The van der Waals surface area contributed by atoms with Crippen molar-refractivity contribution in [2.45, 2.75) is 37.6 Å². The summed E-state index contributed by atoms with van der Waals surface area (Å²) in [4.78, 5) is 15.0. The van der Waals surface area contributed by atoms with E-state index in [0.29, 0.717) is 12.1 Å². The Morgan fingerprint density at radius 2 is 1.76 bits per heavy atom. The minimum Gasteiger partial charge on any atom is -0.497 e.